The molecule has 0 bridgehead atoms. The van der Waals surface area contributed by atoms with Crippen molar-refractivity contribution in [2.45, 2.75) is 25.8 Å². The minimum atomic E-state index is 0.0388. The Morgan fingerprint density at radius 1 is 1.05 bits per heavy atom. The summed E-state index contributed by atoms with van der Waals surface area (Å²) in [6.07, 6.45) is 2.26. The van der Waals surface area contributed by atoms with Gasteiger partial charge in [-0.25, -0.2) is 0 Å². The normalized spacial score (nSPS) is 10.4. The number of carbonyl (C=O) groups excluding carboxylic acids is 1. The van der Waals surface area contributed by atoms with Crippen molar-refractivity contribution in [3.05, 3.63) is 69.7 Å². The van der Waals surface area contributed by atoms with Crippen molar-refractivity contribution in [1.82, 2.24) is 5.32 Å². The molecule has 0 unspecified atom stereocenters. The Balaban J connectivity index is 1.72. The molecule has 1 amide bonds. The average Bonchev–Trinajstić information content (AvgIpc) is 2.47. The predicted molar refractivity (Wildman–Crippen MR) is 87.7 cm³/mol. The molecular weight excluding hydrogens is 305 g/mol. The van der Waals surface area contributed by atoms with Crippen molar-refractivity contribution < 1.29 is 4.79 Å². The van der Waals surface area contributed by atoms with Gasteiger partial charge in [0.15, 0.2) is 0 Å². The van der Waals surface area contributed by atoms with Crippen LogP contribution in [0, 0.1) is 0 Å². The van der Waals surface area contributed by atoms with Crippen LogP contribution in [0.2, 0.25) is 10.0 Å². The largest absolute Gasteiger partial charge is 0.352 e. The van der Waals surface area contributed by atoms with Crippen LogP contribution in [0.25, 0.3) is 0 Å². The third-order valence-corrected chi connectivity index (χ3v) is 3.79. The van der Waals surface area contributed by atoms with Gasteiger partial charge in [0.25, 0.3) is 0 Å². The van der Waals surface area contributed by atoms with Crippen LogP contribution in [0.1, 0.15) is 24.0 Å². The highest BCUT2D eigenvalue weighted by Crippen LogP contribution is 2.20. The molecule has 1 N–H and O–H groups in total. The fourth-order valence-corrected chi connectivity index (χ4v) is 2.52. The van der Waals surface area contributed by atoms with E-state index in [4.69, 9.17) is 23.2 Å². The first-order valence-electron chi connectivity index (χ1n) is 6.90. The van der Waals surface area contributed by atoms with Crippen LogP contribution in [-0.4, -0.2) is 5.91 Å². The average molecular weight is 322 g/mol. The summed E-state index contributed by atoms with van der Waals surface area (Å²) in [6.45, 7) is 0.431. The van der Waals surface area contributed by atoms with E-state index in [1.54, 1.807) is 12.1 Å². The van der Waals surface area contributed by atoms with Crippen molar-refractivity contribution in [1.29, 1.82) is 0 Å². The second-order valence-electron chi connectivity index (χ2n) is 4.85. The molecule has 0 aromatic heterocycles. The third-order valence-electron chi connectivity index (χ3n) is 3.20. The lowest BCUT2D eigenvalue weighted by Gasteiger charge is -2.07. The highest BCUT2D eigenvalue weighted by molar-refractivity contribution is 6.35. The van der Waals surface area contributed by atoms with Crippen molar-refractivity contribution >= 4 is 29.1 Å². The predicted octanol–water partition coefficient (Wildman–Crippen LogP) is 4.63. The van der Waals surface area contributed by atoms with Crippen LogP contribution in [0.15, 0.2) is 48.5 Å². The van der Waals surface area contributed by atoms with Crippen LogP contribution in [0.3, 0.4) is 0 Å². The molecule has 110 valence electrons. The Bertz CT molecular complexity index is 599. The standard InChI is InChI=1S/C17H17Cl2NO/c18-15-10-9-14(16(19)11-15)12-20-17(21)8-4-7-13-5-2-1-3-6-13/h1-3,5-6,9-11H,4,7-8,12H2,(H,20,21). The lowest BCUT2D eigenvalue weighted by Crippen LogP contribution is -2.22. The fourth-order valence-electron chi connectivity index (χ4n) is 2.04. The zero-order valence-corrected chi connectivity index (χ0v) is 13.1. The number of rotatable bonds is 6. The monoisotopic (exact) mass is 321 g/mol. The number of benzene rings is 2. The maximum absolute atomic E-state index is 11.8. The Morgan fingerprint density at radius 3 is 2.52 bits per heavy atom. The molecule has 0 saturated heterocycles. The zero-order chi connectivity index (χ0) is 15.1. The summed E-state index contributed by atoms with van der Waals surface area (Å²) < 4.78 is 0. The number of hydrogen-bond acceptors (Lipinski definition) is 1. The Morgan fingerprint density at radius 2 is 1.81 bits per heavy atom. The molecule has 0 aliphatic carbocycles. The van der Waals surface area contributed by atoms with E-state index in [1.165, 1.54) is 5.56 Å². The van der Waals surface area contributed by atoms with Gasteiger partial charge < -0.3 is 5.32 Å². The lowest BCUT2D eigenvalue weighted by molar-refractivity contribution is -0.121. The Labute approximate surface area is 135 Å². The molecule has 2 rings (SSSR count). The van der Waals surface area contributed by atoms with Gasteiger partial charge in [0, 0.05) is 23.0 Å². The zero-order valence-electron chi connectivity index (χ0n) is 11.6. The molecule has 0 aliphatic heterocycles. The summed E-state index contributed by atoms with van der Waals surface area (Å²) in [5.74, 6) is 0.0388. The molecule has 0 heterocycles. The second kappa shape index (κ2) is 8.06. The first kappa shape index (κ1) is 15.9. The van der Waals surface area contributed by atoms with Gasteiger partial charge in [-0.05, 0) is 36.1 Å². The smallest absolute Gasteiger partial charge is 0.220 e. The van der Waals surface area contributed by atoms with E-state index in [9.17, 15) is 4.79 Å². The van der Waals surface area contributed by atoms with E-state index < -0.39 is 0 Å². The second-order valence-corrected chi connectivity index (χ2v) is 5.70. The topological polar surface area (TPSA) is 29.1 Å². The highest BCUT2D eigenvalue weighted by atomic mass is 35.5. The van der Waals surface area contributed by atoms with Gasteiger partial charge in [-0.2, -0.15) is 0 Å². The van der Waals surface area contributed by atoms with Crippen LogP contribution in [0.4, 0.5) is 0 Å². The van der Waals surface area contributed by atoms with Crippen LogP contribution in [0.5, 0.6) is 0 Å². The highest BCUT2D eigenvalue weighted by Gasteiger charge is 2.05. The number of aryl methyl sites for hydroxylation is 1. The molecule has 0 aliphatic rings. The summed E-state index contributed by atoms with van der Waals surface area (Å²) in [5, 5.41) is 4.05. The van der Waals surface area contributed by atoms with Gasteiger partial charge in [-0.3, -0.25) is 4.79 Å². The Hall–Kier alpha value is -1.51. The molecule has 0 radical (unpaired) electrons. The maximum Gasteiger partial charge on any atom is 0.220 e. The van der Waals surface area contributed by atoms with Gasteiger partial charge in [0.05, 0.1) is 0 Å². The molecule has 2 aromatic rings. The molecule has 0 saturated carbocycles. The number of amides is 1. The minimum absolute atomic E-state index is 0.0388. The summed E-state index contributed by atoms with van der Waals surface area (Å²) in [4.78, 5) is 11.8. The van der Waals surface area contributed by atoms with Crippen molar-refractivity contribution in [3.63, 3.8) is 0 Å². The van der Waals surface area contributed by atoms with Gasteiger partial charge in [-0.15, -0.1) is 0 Å². The first-order valence-corrected chi connectivity index (χ1v) is 7.65. The summed E-state index contributed by atoms with van der Waals surface area (Å²) in [7, 11) is 0. The van der Waals surface area contributed by atoms with Crippen molar-refractivity contribution in [2.24, 2.45) is 0 Å². The van der Waals surface area contributed by atoms with Crippen LogP contribution >= 0.6 is 23.2 Å². The number of carbonyl (C=O) groups is 1. The van der Waals surface area contributed by atoms with E-state index in [0.717, 1.165) is 18.4 Å². The number of hydrogen-bond donors (Lipinski definition) is 1. The van der Waals surface area contributed by atoms with Crippen LogP contribution in [-0.2, 0) is 17.8 Å². The number of halogens is 2. The third kappa shape index (κ3) is 5.41. The molecule has 0 atom stereocenters. The fraction of sp³-hybridized carbons (Fsp3) is 0.235. The molecule has 0 spiro atoms. The van der Waals surface area contributed by atoms with Crippen LogP contribution < -0.4 is 5.32 Å². The van der Waals surface area contributed by atoms with Gasteiger partial charge in [0.1, 0.15) is 0 Å². The Kier molecular flexibility index (Phi) is 6.09. The van der Waals surface area contributed by atoms with Gasteiger partial charge in [-0.1, -0.05) is 59.6 Å². The van der Waals surface area contributed by atoms with E-state index in [-0.39, 0.29) is 5.91 Å². The minimum Gasteiger partial charge on any atom is -0.352 e. The maximum atomic E-state index is 11.8. The molecule has 2 nitrogen and oxygen atoms in total. The quantitative estimate of drug-likeness (QED) is 0.825. The van der Waals surface area contributed by atoms with Crippen molar-refractivity contribution in [2.75, 3.05) is 0 Å². The summed E-state index contributed by atoms with van der Waals surface area (Å²) in [5.41, 5.74) is 2.13. The number of nitrogens with one attached hydrogen (secondary N) is 1. The molecule has 0 fully saturated rings. The SMILES string of the molecule is O=C(CCCc1ccccc1)NCc1ccc(Cl)cc1Cl. The van der Waals surface area contributed by atoms with Gasteiger partial charge >= 0.3 is 0 Å². The molecule has 4 heteroatoms. The van der Waals surface area contributed by atoms with Gasteiger partial charge in [0.2, 0.25) is 5.91 Å². The first-order chi connectivity index (χ1) is 10.1. The van der Waals surface area contributed by atoms with E-state index in [1.807, 2.05) is 24.3 Å². The van der Waals surface area contributed by atoms with E-state index in [0.29, 0.717) is 23.0 Å². The van der Waals surface area contributed by atoms with Crippen molar-refractivity contribution in [3.8, 4) is 0 Å². The van der Waals surface area contributed by atoms with E-state index in [2.05, 4.69) is 17.4 Å². The lowest BCUT2D eigenvalue weighted by atomic mass is 10.1. The summed E-state index contributed by atoms with van der Waals surface area (Å²) in [6, 6.07) is 15.4. The molecular formula is C17H17Cl2NO. The van der Waals surface area contributed by atoms with E-state index >= 15 is 0 Å². The molecule has 21 heavy (non-hydrogen) atoms. The summed E-state index contributed by atoms with van der Waals surface area (Å²) >= 11 is 11.9. The molecule has 2 aromatic carbocycles.